The van der Waals surface area contributed by atoms with Gasteiger partial charge in [0.25, 0.3) is 5.91 Å². The van der Waals surface area contributed by atoms with E-state index < -0.39 is 0 Å². The van der Waals surface area contributed by atoms with E-state index in [0.717, 1.165) is 35.0 Å². The molecule has 1 saturated carbocycles. The van der Waals surface area contributed by atoms with Crippen LogP contribution in [-0.2, 0) is 11.3 Å². The van der Waals surface area contributed by atoms with E-state index in [2.05, 4.69) is 25.9 Å². The Morgan fingerprint density at radius 3 is 2.47 bits per heavy atom. The molecule has 0 unspecified atom stereocenters. The number of piperazine rings is 1. The fourth-order valence-electron chi connectivity index (χ4n) is 5.53. The minimum atomic E-state index is -0.302. The first-order valence-electron chi connectivity index (χ1n) is 12.8. The van der Waals surface area contributed by atoms with Gasteiger partial charge in [-0.2, -0.15) is 5.10 Å². The maximum absolute atomic E-state index is 13.5. The number of amides is 2. The number of rotatable bonds is 5. The number of benzene rings is 1. The van der Waals surface area contributed by atoms with E-state index in [-0.39, 0.29) is 24.2 Å². The monoisotopic (exact) mass is 489 g/mol. The van der Waals surface area contributed by atoms with Gasteiger partial charge >= 0.3 is 0 Å². The predicted molar refractivity (Wildman–Crippen MR) is 136 cm³/mol. The average Bonchev–Trinajstić information content (AvgIpc) is 3.52. The minimum Gasteiger partial charge on any atom is -0.858 e. The summed E-state index contributed by atoms with van der Waals surface area (Å²) in [6, 6.07) is 6.24. The van der Waals surface area contributed by atoms with Crippen molar-refractivity contribution in [1.29, 1.82) is 0 Å². The van der Waals surface area contributed by atoms with Crippen molar-refractivity contribution in [3.05, 3.63) is 46.8 Å². The fourth-order valence-corrected chi connectivity index (χ4v) is 5.53. The maximum Gasteiger partial charge on any atom is 0.252 e. The van der Waals surface area contributed by atoms with Crippen molar-refractivity contribution in [2.24, 2.45) is 0 Å². The molecule has 2 amide bonds. The molecule has 2 fully saturated rings. The number of nitrogens with zero attached hydrogens (tertiary/aromatic N) is 5. The van der Waals surface area contributed by atoms with Crippen LogP contribution in [0.1, 0.15) is 65.8 Å². The number of carbonyl (C=O) groups is 2. The second kappa shape index (κ2) is 9.79. The zero-order valence-corrected chi connectivity index (χ0v) is 21.2. The van der Waals surface area contributed by atoms with Gasteiger partial charge in [-0.15, -0.1) is 0 Å². The summed E-state index contributed by atoms with van der Waals surface area (Å²) in [5, 5.41) is 20.9. The number of nitrogens with one attached hydrogen (secondary N) is 1. The number of hydrogen-bond donors (Lipinski definition) is 1. The molecule has 5 rings (SSSR count). The van der Waals surface area contributed by atoms with Gasteiger partial charge in [0.15, 0.2) is 0 Å². The molecule has 0 atom stereocenters. The molecule has 1 aliphatic heterocycles. The molecular weight excluding hydrogens is 456 g/mol. The highest BCUT2D eigenvalue weighted by Crippen LogP contribution is 2.34. The van der Waals surface area contributed by atoms with E-state index in [1.807, 2.05) is 24.0 Å². The standard InChI is InChI=1S/C27H34N6O3/c1-17-12-18(2)30-27(36)23(17)15-28-26(35)22-13-21(32-10-8-31(9-11-32)19(3)34)14-25-24(22)16-29-33(25)20-6-4-5-7-20/h12-14,16,20H,4-11,15H2,1-3H3,(H,28,35)(H,30,36)/p-1. The van der Waals surface area contributed by atoms with Crippen molar-refractivity contribution < 1.29 is 14.7 Å². The van der Waals surface area contributed by atoms with E-state index in [1.54, 1.807) is 20.0 Å². The molecule has 3 heterocycles. The Kier molecular flexibility index (Phi) is 6.55. The number of hydrogen-bond acceptors (Lipinski definition) is 6. The Hall–Kier alpha value is -3.62. The van der Waals surface area contributed by atoms with E-state index >= 15 is 0 Å². The van der Waals surface area contributed by atoms with Crippen molar-refractivity contribution in [3.8, 4) is 5.88 Å². The van der Waals surface area contributed by atoms with Gasteiger partial charge in [-0.1, -0.05) is 12.8 Å². The molecule has 3 aromatic rings. The van der Waals surface area contributed by atoms with Gasteiger partial charge in [0.05, 0.1) is 23.3 Å². The van der Waals surface area contributed by atoms with Crippen LogP contribution in [0.15, 0.2) is 24.4 Å². The number of anilines is 1. The summed E-state index contributed by atoms with van der Waals surface area (Å²) in [6.07, 6.45) is 6.34. The molecule has 9 nitrogen and oxygen atoms in total. The Bertz CT molecular complexity index is 1280. The third-order valence-electron chi connectivity index (χ3n) is 7.57. The lowest BCUT2D eigenvalue weighted by Crippen LogP contribution is -2.48. The number of aryl methyl sites for hydroxylation is 2. The smallest absolute Gasteiger partial charge is 0.252 e. The van der Waals surface area contributed by atoms with Crippen molar-refractivity contribution >= 4 is 28.4 Å². The quantitative estimate of drug-likeness (QED) is 0.591. The largest absolute Gasteiger partial charge is 0.858 e. The molecule has 0 radical (unpaired) electrons. The summed E-state index contributed by atoms with van der Waals surface area (Å²) in [7, 11) is 0. The van der Waals surface area contributed by atoms with Crippen LogP contribution >= 0.6 is 0 Å². The molecule has 1 aromatic carbocycles. The molecule has 36 heavy (non-hydrogen) atoms. The normalized spacial score (nSPS) is 16.6. The average molecular weight is 490 g/mol. The lowest BCUT2D eigenvalue weighted by Gasteiger charge is -2.36. The highest BCUT2D eigenvalue weighted by Gasteiger charge is 2.25. The second-order valence-corrected chi connectivity index (χ2v) is 9.99. The summed E-state index contributed by atoms with van der Waals surface area (Å²) in [6.45, 7) is 8.10. The van der Waals surface area contributed by atoms with Crippen LogP contribution in [0, 0.1) is 13.8 Å². The Balaban J connectivity index is 1.47. The van der Waals surface area contributed by atoms with Gasteiger partial charge in [0.1, 0.15) is 0 Å². The van der Waals surface area contributed by atoms with Crippen molar-refractivity contribution in [2.75, 3.05) is 31.1 Å². The second-order valence-electron chi connectivity index (χ2n) is 9.99. The first-order chi connectivity index (χ1) is 17.3. The number of pyridine rings is 1. The van der Waals surface area contributed by atoms with Crippen molar-refractivity contribution in [3.63, 3.8) is 0 Å². The summed E-state index contributed by atoms with van der Waals surface area (Å²) in [4.78, 5) is 33.4. The fraction of sp³-hybridized carbons (Fsp3) is 0.481. The van der Waals surface area contributed by atoms with E-state index in [0.29, 0.717) is 49.0 Å². The van der Waals surface area contributed by atoms with E-state index in [9.17, 15) is 14.7 Å². The summed E-state index contributed by atoms with van der Waals surface area (Å²) < 4.78 is 2.08. The van der Waals surface area contributed by atoms with E-state index in [1.165, 1.54) is 12.8 Å². The summed E-state index contributed by atoms with van der Waals surface area (Å²) in [5.74, 6) is -0.457. The lowest BCUT2D eigenvalue weighted by molar-refractivity contribution is -0.276. The lowest BCUT2D eigenvalue weighted by atomic mass is 10.1. The SMILES string of the molecule is CC(=O)N1CCN(c2cc(C(=O)NCc3c(C)cc(C)nc3[O-])c3cnn(C4CCCC4)c3c2)CC1. The molecule has 2 aliphatic rings. The Labute approximate surface area is 211 Å². The highest BCUT2D eigenvalue weighted by atomic mass is 16.3. The maximum atomic E-state index is 13.5. The summed E-state index contributed by atoms with van der Waals surface area (Å²) >= 11 is 0. The van der Waals surface area contributed by atoms with Crippen LogP contribution in [0.2, 0.25) is 0 Å². The Morgan fingerprint density at radius 1 is 1.08 bits per heavy atom. The molecule has 0 bridgehead atoms. The molecule has 9 heteroatoms. The highest BCUT2D eigenvalue weighted by molar-refractivity contribution is 6.07. The van der Waals surface area contributed by atoms with Gasteiger partial charge in [0.2, 0.25) is 5.91 Å². The van der Waals surface area contributed by atoms with Crippen LogP contribution in [0.5, 0.6) is 5.88 Å². The van der Waals surface area contributed by atoms with Crippen LogP contribution in [-0.4, -0.2) is 57.7 Å². The summed E-state index contributed by atoms with van der Waals surface area (Å²) in [5.41, 5.74) is 4.45. The van der Waals surface area contributed by atoms with Crippen LogP contribution in [0.25, 0.3) is 10.9 Å². The number of carbonyl (C=O) groups excluding carboxylic acids is 2. The minimum absolute atomic E-state index is 0.0862. The predicted octanol–water partition coefficient (Wildman–Crippen LogP) is 2.84. The molecular formula is C27H33N6O3-. The van der Waals surface area contributed by atoms with Crippen LogP contribution in [0.3, 0.4) is 0 Å². The molecule has 1 saturated heterocycles. The van der Waals surface area contributed by atoms with Gasteiger partial charge in [-0.25, -0.2) is 0 Å². The number of aromatic nitrogens is 3. The molecule has 1 aliphatic carbocycles. The first kappa shape index (κ1) is 24.1. The molecule has 190 valence electrons. The first-order valence-corrected chi connectivity index (χ1v) is 12.8. The molecule has 1 N–H and O–H groups in total. The topological polar surface area (TPSA) is 106 Å². The van der Waals surface area contributed by atoms with Gasteiger partial charge in [-0.3, -0.25) is 19.3 Å². The Morgan fingerprint density at radius 2 is 1.81 bits per heavy atom. The number of fused-ring (bicyclic) bond motifs is 1. The van der Waals surface area contributed by atoms with Crippen LogP contribution < -0.4 is 15.3 Å². The van der Waals surface area contributed by atoms with Crippen molar-refractivity contribution in [2.45, 2.75) is 59.0 Å². The van der Waals surface area contributed by atoms with Crippen molar-refractivity contribution in [1.82, 2.24) is 25.0 Å². The van der Waals surface area contributed by atoms with Gasteiger partial charge in [0, 0.05) is 56.4 Å². The zero-order chi connectivity index (χ0) is 25.4. The molecule has 0 spiro atoms. The van der Waals surface area contributed by atoms with E-state index in [4.69, 9.17) is 5.10 Å². The third kappa shape index (κ3) is 4.62. The van der Waals surface area contributed by atoms with Crippen LogP contribution in [0.4, 0.5) is 5.69 Å². The third-order valence-corrected chi connectivity index (χ3v) is 7.57. The zero-order valence-electron chi connectivity index (χ0n) is 21.2. The molecule has 2 aromatic heterocycles. The van der Waals surface area contributed by atoms with Gasteiger partial charge in [-0.05, 0) is 61.9 Å². The van der Waals surface area contributed by atoms with Gasteiger partial charge < -0.3 is 20.2 Å².